The predicted molar refractivity (Wildman–Crippen MR) is 149 cm³/mol. The standard InChI is InChI=1S/C23H24Cl2N2O8S3/c24-12-14-26(15-13-25)18-6-8-20(9-7-18)35-38(32,33)22(21-10-16-36-23(21)27(28)29)11-17-37(30,31)34-19-4-2-1-3-5-19/h1-10,16,22H,11-15,17H2. The smallest absolute Gasteiger partial charge is 0.328 e. The van der Waals surface area contributed by atoms with Crippen molar-refractivity contribution >= 4 is 65.5 Å². The largest absolute Gasteiger partial charge is 0.382 e. The first-order chi connectivity index (χ1) is 18.1. The van der Waals surface area contributed by atoms with Crippen LogP contribution < -0.4 is 13.3 Å². The van der Waals surface area contributed by atoms with E-state index < -0.39 is 47.6 Å². The first-order valence-corrected chi connectivity index (χ1v) is 16.2. The maximum absolute atomic E-state index is 13.4. The predicted octanol–water partition coefficient (Wildman–Crippen LogP) is 5.19. The lowest BCUT2D eigenvalue weighted by molar-refractivity contribution is -0.380. The molecule has 206 valence electrons. The molecular weight excluding hydrogens is 599 g/mol. The van der Waals surface area contributed by atoms with E-state index in [2.05, 4.69) is 0 Å². The number of alkyl halides is 2. The van der Waals surface area contributed by atoms with Crippen LogP contribution in [0.1, 0.15) is 17.2 Å². The van der Waals surface area contributed by atoms with Crippen molar-refractivity contribution in [3.8, 4) is 11.5 Å². The fourth-order valence-electron chi connectivity index (χ4n) is 3.55. The molecular formula is C23H24Cl2N2O8S3. The molecule has 1 heterocycles. The molecule has 15 heteroatoms. The molecule has 1 unspecified atom stereocenters. The van der Waals surface area contributed by atoms with Crippen molar-refractivity contribution < 1.29 is 30.1 Å². The second kappa shape index (κ2) is 13.5. The van der Waals surface area contributed by atoms with Crippen molar-refractivity contribution in [3.05, 3.63) is 81.7 Å². The molecule has 0 aliphatic heterocycles. The highest BCUT2D eigenvalue weighted by molar-refractivity contribution is 7.88. The third-order valence-electron chi connectivity index (χ3n) is 5.25. The van der Waals surface area contributed by atoms with Gasteiger partial charge in [0.15, 0.2) is 0 Å². The van der Waals surface area contributed by atoms with Crippen molar-refractivity contribution in [1.82, 2.24) is 0 Å². The highest BCUT2D eigenvalue weighted by Crippen LogP contribution is 2.38. The van der Waals surface area contributed by atoms with Crippen LogP contribution in [0.5, 0.6) is 11.5 Å². The number of benzene rings is 2. The van der Waals surface area contributed by atoms with Gasteiger partial charge >= 0.3 is 25.2 Å². The monoisotopic (exact) mass is 622 g/mol. The quantitative estimate of drug-likeness (QED) is 0.0971. The molecule has 0 saturated carbocycles. The van der Waals surface area contributed by atoms with Gasteiger partial charge in [-0.15, -0.1) is 23.2 Å². The Balaban J connectivity index is 1.86. The van der Waals surface area contributed by atoms with Gasteiger partial charge in [0.05, 0.1) is 16.2 Å². The van der Waals surface area contributed by atoms with Gasteiger partial charge in [0.1, 0.15) is 16.7 Å². The summed E-state index contributed by atoms with van der Waals surface area (Å²) >= 11 is 12.4. The summed E-state index contributed by atoms with van der Waals surface area (Å²) in [7, 11) is -8.80. The average molecular weight is 624 g/mol. The SMILES string of the molecule is O=[N+]([O-])c1sccc1C(CCS(=O)(=O)Oc1ccccc1)S(=O)(=O)Oc1ccc(N(CCCl)CCCl)cc1. The average Bonchev–Trinajstić information content (AvgIpc) is 3.34. The van der Waals surface area contributed by atoms with E-state index in [0.29, 0.717) is 24.8 Å². The topological polar surface area (TPSA) is 133 Å². The highest BCUT2D eigenvalue weighted by atomic mass is 35.5. The summed E-state index contributed by atoms with van der Waals surface area (Å²) in [6.45, 7) is 1.05. The van der Waals surface area contributed by atoms with Crippen LogP contribution in [-0.2, 0) is 20.2 Å². The van der Waals surface area contributed by atoms with Gasteiger partial charge in [-0.1, -0.05) is 29.5 Å². The molecule has 3 aromatic rings. The number of nitrogens with zero attached hydrogens (tertiary/aromatic N) is 2. The Labute approximate surface area is 235 Å². The van der Waals surface area contributed by atoms with Crippen LogP contribution in [0.3, 0.4) is 0 Å². The zero-order valence-corrected chi connectivity index (χ0v) is 23.8. The first-order valence-electron chi connectivity index (χ1n) is 11.2. The number of rotatable bonds is 15. The first kappa shape index (κ1) is 30.0. The van der Waals surface area contributed by atoms with Crippen molar-refractivity contribution in [1.29, 1.82) is 0 Å². The van der Waals surface area contributed by atoms with E-state index in [1.54, 1.807) is 30.3 Å². The van der Waals surface area contributed by atoms with Crippen LogP contribution in [0.4, 0.5) is 10.7 Å². The van der Waals surface area contributed by atoms with Crippen LogP contribution in [0.25, 0.3) is 0 Å². The van der Waals surface area contributed by atoms with Crippen LogP contribution in [0.15, 0.2) is 66.0 Å². The minimum absolute atomic E-state index is 0.0447. The Kier molecular flexibility index (Phi) is 10.6. The van der Waals surface area contributed by atoms with E-state index >= 15 is 0 Å². The minimum atomic E-state index is -4.58. The second-order valence-corrected chi connectivity index (χ2v) is 12.9. The Morgan fingerprint density at radius 1 is 0.895 bits per heavy atom. The van der Waals surface area contributed by atoms with Gasteiger partial charge in [-0.05, 0) is 54.3 Å². The lowest BCUT2D eigenvalue weighted by Gasteiger charge is -2.23. The molecule has 0 fully saturated rings. The van der Waals surface area contributed by atoms with Crippen LogP contribution in [-0.4, -0.2) is 52.4 Å². The van der Waals surface area contributed by atoms with Gasteiger partial charge in [-0.2, -0.15) is 16.8 Å². The Hall–Kier alpha value is -2.58. The zero-order valence-electron chi connectivity index (χ0n) is 19.8. The summed E-state index contributed by atoms with van der Waals surface area (Å²) in [5.41, 5.74) is 0.576. The van der Waals surface area contributed by atoms with E-state index in [1.165, 1.54) is 35.7 Å². The van der Waals surface area contributed by atoms with Gasteiger partial charge in [-0.3, -0.25) is 10.1 Å². The number of anilines is 1. The number of hydrogen-bond donors (Lipinski definition) is 0. The van der Waals surface area contributed by atoms with Crippen molar-refractivity contribution in [2.75, 3.05) is 35.5 Å². The van der Waals surface area contributed by atoms with Crippen LogP contribution in [0, 0.1) is 10.1 Å². The number of nitro groups is 1. The summed E-state index contributed by atoms with van der Waals surface area (Å²) < 4.78 is 62.2. The maximum atomic E-state index is 13.4. The Morgan fingerprint density at radius 3 is 2.08 bits per heavy atom. The fourth-order valence-corrected chi connectivity index (χ4v) is 7.38. The minimum Gasteiger partial charge on any atom is -0.382 e. The van der Waals surface area contributed by atoms with E-state index in [9.17, 15) is 26.9 Å². The summed E-state index contributed by atoms with van der Waals surface area (Å²) in [5.74, 6) is 0.00880. The third-order valence-corrected chi connectivity index (χ3v) is 9.27. The molecule has 10 nitrogen and oxygen atoms in total. The van der Waals surface area contributed by atoms with Gasteiger partial charge < -0.3 is 13.3 Å². The number of thiophene rings is 1. The second-order valence-electron chi connectivity index (χ2n) is 7.81. The van der Waals surface area contributed by atoms with E-state index in [-0.39, 0.29) is 17.1 Å². The number of halogens is 2. The van der Waals surface area contributed by atoms with E-state index in [1.807, 2.05) is 4.90 Å². The van der Waals surface area contributed by atoms with Gasteiger partial charge in [0, 0.05) is 30.5 Å². The Bertz CT molecular complexity index is 1410. The molecule has 0 radical (unpaired) electrons. The maximum Gasteiger partial charge on any atom is 0.328 e. The van der Waals surface area contributed by atoms with Crippen molar-refractivity contribution in [2.45, 2.75) is 11.7 Å². The van der Waals surface area contributed by atoms with Gasteiger partial charge in [0.2, 0.25) is 0 Å². The summed E-state index contributed by atoms with van der Waals surface area (Å²) in [6.07, 6.45) is -0.535. The highest BCUT2D eigenvalue weighted by Gasteiger charge is 2.37. The van der Waals surface area contributed by atoms with Crippen LogP contribution >= 0.6 is 34.5 Å². The molecule has 1 aromatic heterocycles. The van der Waals surface area contributed by atoms with E-state index in [0.717, 1.165) is 17.0 Å². The summed E-state index contributed by atoms with van der Waals surface area (Å²) in [5, 5.41) is 10.8. The van der Waals surface area contributed by atoms with Crippen LogP contribution in [0.2, 0.25) is 0 Å². The summed E-state index contributed by atoms with van der Waals surface area (Å²) in [4.78, 5) is 12.7. The molecule has 1 atom stereocenters. The Morgan fingerprint density at radius 2 is 1.50 bits per heavy atom. The third kappa shape index (κ3) is 8.21. The molecule has 0 N–H and O–H groups in total. The van der Waals surface area contributed by atoms with E-state index in [4.69, 9.17) is 31.6 Å². The lowest BCUT2D eigenvalue weighted by atomic mass is 10.2. The van der Waals surface area contributed by atoms with Gasteiger partial charge in [-0.25, -0.2) is 0 Å². The molecule has 0 bridgehead atoms. The van der Waals surface area contributed by atoms with Crippen molar-refractivity contribution in [2.24, 2.45) is 0 Å². The molecule has 3 rings (SSSR count). The normalized spacial score (nSPS) is 12.6. The molecule has 2 aromatic carbocycles. The number of para-hydroxylation sites is 1. The fraction of sp³-hybridized carbons (Fsp3) is 0.304. The van der Waals surface area contributed by atoms with Gasteiger partial charge in [0.25, 0.3) is 0 Å². The number of hydrogen-bond acceptors (Lipinski definition) is 10. The molecule has 0 aliphatic rings. The lowest BCUT2D eigenvalue weighted by Crippen LogP contribution is -2.27. The molecule has 38 heavy (non-hydrogen) atoms. The van der Waals surface area contributed by atoms with Crippen molar-refractivity contribution in [3.63, 3.8) is 0 Å². The summed E-state index contributed by atoms with van der Waals surface area (Å²) in [6, 6.07) is 15.1. The zero-order chi connectivity index (χ0) is 27.8. The molecule has 0 spiro atoms. The molecule has 0 aliphatic carbocycles. The molecule has 0 saturated heterocycles. The molecule has 0 amide bonds.